The second-order valence-corrected chi connectivity index (χ2v) is 13.1. The lowest BCUT2D eigenvalue weighted by Crippen LogP contribution is -2.56. The number of benzene rings is 1. The number of methoxy groups -OCH3 is 1. The van der Waals surface area contributed by atoms with Crippen molar-refractivity contribution in [2.24, 2.45) is 30.7 Å². The number of esters is 1. The minimum atomic E-state index is -0.967. The fourth-order valence-electron chi connectivity index (χ4n) is 6.22. The van der Waals surface area contributed by atoms with Crippen LogP contribution in [0, 0.1) is 23.7 Å². The van der Waals surface area contributed by atoms with E-state index < -0.39 is 23.8 Å². The molecular formula is C32H50N2O5. The monoisotopic (exact) mass is 542 g/mol. The molecular weight excluding hydrogens is 492 g/mol. The standard InChI is InChI=1S/C32H50N2O5/c1-20(2)24(15-22-12-13-27-26(16-22)23(19-33(27)8)11-10-14-38-9)17-28(34(31(36)37)32(5,6)7)29-18-25(21(3)4)30(35)39-29/h12-13,16,19-21,24-25,28-29H,10-11,14-15,17-18H2,1-9H3,(H,36,37)/t24-,25-,28-,29-/m0/s1. The average molecular weight is 543 g/mol. The third-order valence-corrected chi connectivity index (χ3v) is 8.47. The van der Waals surface area contributed by atoms with Gasteiger partial charge in [-0.05, 0) is 93.9 Å². The molecule has 1 aromatic heterocycles. The molecule has 0 saturated carbocycles. The van der Waals surface area contributed by atoms with Gasteiger partial charge in [-0.25, -0.2) is 4.79 Å². The Morgan fingerprint density at radius 1 is 1.23 bits per heavy atom. The molecule has 3 rings (SSSR count). The lowest BCUT2D eigenvalue weighted by molar-refractivity contribution is -0.148. The Morgan fingerprint density at radius 3 is 2.46 bits per heavy atom. The van der Waals surface area contributed by atoms with Gasteiger partial charge in [0.25, 0.3) is 0 Å². The van der Waals surface area contributed by atoms with E-state index in [1.54, 1.807) is 7.11 Å². The summed E-state index contributed by atoms with van der Waals surface area (Å²) in [6.45, 7) is 15.0. The maximum atomic E-state index is 12.7. The van der Waals surface area contributed by atoms with E-state index in [9.17, 15) is 14.7 Å². The zero-order valence-corrected chi connectivity index (χ0v) is 25.5. The summed E-state index contributed by atoms with van der Waals surface area (Å²) in [5, 5.41) is 11.6. The van der Waals surface area contributed by atoms with E-state index in [-0.39, 0.29) is 23.7 Å². The molecule has 4 atom stereocenters. The predicted molar refractivity (Wildman–Crippen MR) is 156 cm³/mol. The van der Waals surface area contributed by atoms with Crippen molar-refractivity contribution < 1.29 is 24.2 Å². The van der Waals surface area contributed by atoms with Gasteiger partial charge in [0.05, 0.1) is 12.0 Å². The number of carbonyl (C=O) groups is 2. The van der Waals surface area contributed by atoms with E-state index in [2.05, 4.69) is 49.9 Å². The molecule has 7 heteroatoms. The van der Waals surface area contributed by atoms with Gasteiger partial charge in [0.1, 0.15) is 6.10 Å². The second-order valence-electron chi connectivity index (χ2n) is 13.1. The third kappa shape index (κ3) is 7.36. The molecule has 1 saturated heterocycles. The molecule has 0 aliphatic carbocycles. The Balaban J connectivity index is 1.93. The molecule has 1 amide bonds. The number of cyclic esters (lactones) is 1. The number of carbonyl (C=O) groups excluding carboxylic acids is 1. The summed E-state index contributed by atoms with van der Waals surface area (Å²) in [7, 11) is 3.82. The number of rotatable bonds is 12. The van der Waals surface area contributed by atoms with Crippen LogP contribution in [0.4, 0.5) is 4.79 Å². The van der Waals surface area contributed by atoms with Gasteiger partial charge in [0, 0.05) is 43.4 Å². The van der Waals surface area contributed by atoms with Crippen molar-refractivity contribution in [1.82, 2.24) is 9.47 Å². The van der Waals surface area contributed by atoms with Crippen LogP contribution in [0.2, 0.25) is 0 Å². The van der Waals surface area contributed by atoms with Gasteiger partial charge < -0.3 is 19.1 Å². The lowest BCUT2D eigenvalue weighted by Gasteiger charge is -2.43. The van der Waals surface area contributed by atoms with Gasteiger partial charge in [-0.15, -0.1) is 0 Å². The Kier molecular flexibility index (Phi) is 10.1. The molecule has 1 fully saturated rings. The SMILES string of the molecule is COCCCc1cn(C)c2ccc(C[C@@H](C[C@@H]([C@@H]3C[C@@H](C(C)C)C(=O)O3)N(C(=O)O)C(C)(C)C)C(C)C)cc12. The minimum Gasteiger partial charge on any atom is -0.465 e. The van der Waals surface area contributed by atoms with Crippen LogP contribution in [0.1, 0.15) is 78.9 Å². The smallest absolute Gasteiger partial charge is 0.408 e. The molecule has 7 nitrogen and oxygen atoms in total. The van der Waals surface area contributed by atoms with Crippen molar-refractivity contribution in [3.05, 3.63) is 35.5 Å². The normalized spacial score (nSPS) is 19.6. The number of amides is 1. The van der Waals surface area contributed by atoms with E-state index in [1.807, 2.05) is 34.6 Å². The first kappa shape index (κ1) is 31.0. The maximum absolute atomic E-state index is 12.7. The van der Waals surface area contributed by atoms with Crippen molar-refractivity contribution in [2.75, 3.05) is 13.7 Å². The fraction of sp³-hybridized carbons (Fsp3) is 0.688. The molecule has 1 aliphatic rings. The Bertz CT molecular complexity index is 1130. The Labute approximate surface area is 234 Å². The summed E-state index contributed by atoms with van der Waals surface area (Å²) in [5.74, 6) is 0.314. The highest BCUT2D eigenvalue weighted by atomic mass is 16.6. The minimum absolute atomic E-state index is 0.160. The van der Waals surface area contributed by atoms with Crippen LogP contribution in [0.15, 0.2) is 24.4 Å². The molecule has 1 aromatic carbocycles. The zero-order chi connectivity index (χ0) is 29.1. The molecule has 0 bridgehead atoms. The number of fused-ring (bicyclic) bond motifs is 1. The quantitative estimate of drug-likeness (QED) is 0.239. The van der Waals surface area contributed by atoms with Gasteiger partial charge in [0.2, 0.25) is 0 Å². The first-order chi connectivity index (χ1) is 18.2. The number of ether oxygens (including phenoxy) is 2. The predicted octanol–water partition coefficient (Wildman–Crippen LogP) is 6.70. The Morgan fingerprint density at radius 2 is 1.92 bits per heavy atom. The van der Waals surface area contributed by atoms with Crippen LogP contribution in [-0.2, 0) is 34.2 Å². The van der Waals surface area contributed by atoms with E-state index in [4.69, 9.17) is 9.47 Å². The van der Waals surface area contributed by atoms with Gasteiger partial charge in [-0.3, -0.25) is 9.69 Å². The summed E-state index contributed by atoms with van der Waals surface area (Å²) >= 11 is 0. The Hall–Kier alpha value is -2.54. The number of aromatic nitrogens is 1. The number of aryl methyl sites for hydroxylation is 2. The van der Waals surface area contributed by atoms with Crippen LogP contribution < -0.4 is 0 Å². The first-order valence-electron chi connectivity index (χ1n) is 14.5. The van der Waals surface area contributed by atoms with E-state index in [0.29, 0.717) is 18.8 Å². The van der Waals surface area contributed by atoms with Crippen molar-refractivity contribution in [2.45, 2.75) is 98.3 Å². The highest BCUT2D eigenvalue weighted by Crippen LogP contribution is 2.37. The topological polar surface area (TPSA) is 81.0 Å². The number of nitrogens with zero attached hydrogens (tertiary/aromatic N) is 2. The lowest BCUT2D eigenvalue weighted by atomic mass is 9.80. The molecule has 1 N–H and O–H groups in total. The first-order valence-corrected chi connectivity index (χ1v) is 14.5. The number of hydrogen-bond acceptors (Lipinski definition) is 4. The van der Waals surface area contributed by atoms with Crippen molar-refractivity contribution >= 4 is 23.0 Å². The number of hydrogen-bond donors (Lipinski definition) is 1. The third-order valence-electron chi connectivity index (χ3n) is 8.47. The fourth-order valence-corrected chi connectivity index (χ4v) is 6.22. The van der Waals surface area contributed by atoms with Crippen LogP contribution >= 0.6 is 0 Å². The summed E-state index contributed by atoms with van der Waals surface area (Å²) in [6, 6.07) is 6.30. The molecule has 39 heavy (non-hydrogen) atoms. The summed E-state index contributed by atoms with van der Waals surface area (Å²) in [6.07, 6.45) is 4.79. The van der Waals surface area contributed by atoms with Crippen molar-refractivity contribution in [3.8, 4) is 0 Å². The van der Waals surface area contributed by atoms with Crippen LogP contribution in [0.5, 0.6) is 0 Å². The van der Waals surface area contributed by atoms with Gasteiger partial charge in [-0.1, -0.05) is 33.8 Å². The highest BCUT2D eigenvalue weighted by molar-refractivity contribution is 5.84. The molecule has 218 valence electrons. The summed E-state index contributed by atoms with van der Waals surface area (Å²) in [5.41, 5.74) is 3.17. The van der Waals surface area contributed by atoms with Crippen molar-refractivity contribution in [1.29, 1.82) is 0 Å². The molecule has 1 aliphatic heterocycles. The largest absolute Gasteiger partial charge is 0.465 e. The van der Waals surface area contributed by atoms with Crippen LogP contribution in [0.25, 0.3) is 10.9 Å². The van der Waals surface area contributed by atoms with E-state index in [0.717, 1.165) is 25.9 Å². The highest BCUT2D eigenvalue weighted by Gasteiger charge is 2.46. The van der Waals surface area contributed by atoms with Gasteiger partial charge in [0.15, 0.2) is 0 Å². The van der Waals surface area contributed by atoms with E-state index >= 15 is 0 Å². The van der Waals surface area contributed by atoms with Gasteiger partial charge >= 0.3 is 12.1 Å². The van der Waals surface area contributed by atoms with Crippen LogP contribution in [0.3, 0.4) is 0 Å². The second kappa shape index (κ2) is 12.8. The maximum Gasteiger partial charge on any atom is 0.408 e. The zero-order valence-electron chi connectivity index (χ0n) is 25.5. The molecule has 0 unspecified atom stereocenters. The molecule has 2 heterocycles. The van der Waals surface area contributed by atoms with Crippen molar-refractivity contribution in [3.63, 3.8) is 0 Å². The summed E-state index contributed by atoms with van der Waals surface area (Å²) in [4.78, 5) is 26.9. The number of carboxylic acid groups (broad SMARTS) is 1. The van der Waals surface area contributed by atoms with E-state index in [1.165, 1.54) is 26.9 Å². The van der Waals surface area contributed by atoms with Crippen LogP contribution in [-0.4, -0.2) is 58.0 Å². The molecule has 0 spiro atoms. The molecule has 0 radical (unpaired) electrons. The molecule has 2 aromatic rings. The van der Waals surface area contributed by atoms with Gasteiger partial charge in [-0.2, -0.15) is 0 Å². The summed E-state index contributed by atoms with van der Waals surface area (Å²) < 4.78 is 13.4. The average Bonchev–Trinajstić information content (AvgIpc) is 3.36.